The van der Waals surface area contributed by atoms with E-state index >= 15 is 0 Å². The number of carboxylic acids is 1. The fourth-order valence-electron chi connectivity index (χ4n) is 5.73. The Kier molecular flexibility index (Phi) is 16.0. The van der Waals surface area contributed by atoms with Crippen molar-refractivity contribution in [3.8, 4) is 0 Å². The van der Waals surface area contributed by atoms with Gasteiger partial charge in [-0.2, -0.15) is 0 Å². The Morgan fingerprint density at radius 1 is 1.02 bits per heavy atom. The van der Waals surface area contributed by atoms with Crippen LogP contribution in [0, 0.1) is 5.41 Å². The lowest BCUT2D eigenvalue weighted by atomic mass is 9.72. The second kappa shape index (κ2) is 20.9. The fourth-order valence-corrected chi connectivity index (χ4v) is 6.49. The maximum Gasteiger partial charge on any atom is 0.328 e. The molecule has 4 rings (SSSR count). The van der Waals surface area contributed by atoms with Crippen LogP contribution in [-0.4, -0.2) is 90.5 Å². The lowest BCUT2D eigenvalue weighted by Crippen LogP contribution is -2.31. The highest BCUT2D eigenvalue weighted by atomic mass is 32.1. The lowest BCUT2D eigenvalue weighted by Gasteiger charge is -2.33. The topological polar surface area (TPSA) is 181 Å². The molecule has 0 aliphatic heterocycles. The molecule has 13 nitrogen and oxygen atoms in total. The molecule has 1 aliphatic carbocycles. The van der Waals surface area contributed by atoms with Gasteiger partial charge >= 0.3 is 5.97 Å². The Bertz CT molecular complexity index is 2030. The summed E-state index contributed by atoms with van der Waals surface area (Å²) in [5, 5.41) is 21.2. The summed E-state index contributed by atoms with van der Waals surface area (Å²) in [5.41, 5.74) is 6.09. The van der Waals surface area contributed by atoms with E-state index in [4.69, 9.17) is 19.4 Å². The van der Waals surface area contributed by atoms with Crippen molar-refractivity contribution in [1.82, 2.24) is 20.6 Å². The van der Waals surface area contributed by atoms with Crippen LogP contribution in [0.15, 0.2) is 99.7 Å². The highest BCUT2D eigenvalue weighted by Gasteiger charge is 2.30. The third-order valence-corrected chi connectivity index (χ3v) is 9.58. The molecule has 2 heterocycles. The number of nitrogens with zero attached hydrogens (tertiary/aromatic N) is 2. The number of rotatable bonds is 20. The number of ketones is 1. The molecular weight excluding hydrogens is 723 g/mol. The maximum atomic E-state index is 12.9. The monoisotopic (exact) mass is 771 g/mol. The quantitative estimate of drug-likeness (QED) is 0.0335. The van der Waals surface area contributed by atoms with Crippen LogP contribution < -0.4 is 10.6 Å². The minimum absolute atomic E-state index is 0.0642. The number of allylic oxidation sites excluding steroid dienone is 9. The Balaban J connectivity index is 1.08. The predicted octanol–water partition coefficient (Wildman–Crippen LogP) is 6.33. The fraction of sp³-hybridized carbons (Fsp3) is 0.366. The molecule has 0 atom stereocenters. The summed E-state index contributed by atoms with van der Waals surface area (Å²) >= 11 is 1.13. The second-order valence-corrected chi connectivity index (χ2v) is 14.4. The number of thiazole rings is 1. The number of aromatic amines is 1. The molecular formula is C41H49N5O8S. The summed E-state index contributed by atoms with van der Waals surface area (Å²) < 4.78 is 11.0. The van der Waals surface area contributed by atoms with E-state index in [1.807, 2.05) is 56.3 Å². The van der Waals surface area contributed by atoms with E-state index in [-0.39, 0.29) is 53.5 Å². The van der Waals surface area contributed by atoms with E-state index < -0.39 is 5.97 Å². The van der Waals surface area contributed by atoms with E-state index in [2.05, 4.69) is 45.7 Å². The normalized spacial score (nSPS) is 15.7. The zero-order valence-electron chi connectivity index (χ0n) is 31.9. The van der Waals surface area contributed by atoms with Crippen LogP contribution >= 0.6 is 11.3 Å². The average molecular weight is 772 g/mol. The number of carbonyl (C=O) groups is 4. The molecule has 14 heteroatoms. The number of aliphatic carboxylic acids is 1. The number of benzene rings is 1. The van der Waals surface area contributed by atoms with Crippen molar-refractivity contribution in [3.05, 3.63) is 111 Å². The minimum atomic E-state index is -0.975. The van der Waals surface area contributed by atoms with Gasteiger partial charge in [-0.3, -0.25) is 14.4 Å². The smallest absolute Gasteiger partial charge is 0.328 e. The van der Waals surface area contributed by atoms with Gasteiger partial charge in [-0.05, 0) is 61.8 Å². The summed E-state index contributed by atoms with van der Waals surface area (Å²) in [6, 6.07) is 7.50. The van der Waals surface area contributed by atoms with Gasteiger partial charge in [-0.25, -0.2) is 9.78 Å². The molecule has 2 aromatic heterocycles. The molecule has 0 saturated carbocycles. The number of hydrogen-bond acceptors (Lipinski definition) is 10. The Morgan fingerprint density at radius 3 is 2.49 bits per heavy atom. The molecule has 1 aromatic carbocycles. The van der Waals surface area contributed by atoms with E-state index in [1.54, 1.807) is 24.6 Å². The predicted molar refractivity (Wildman–Crippen MR) is 213 cm³/mol. The second-order valence-electron chi connectivity index (χ2n) is 13.5. The van der Waals surface area contributed by atoms with Gasteiger partial charge in [-0.15, -0.1) is 11.3 Å². The van der Waals surface area contributed by atoms with E-state index in [0.29, 0.717) is 37.5 Å². The number of nitrogens with one attached hydrogen (secondary N) is 3. The number of para-hydroxylation sites is 1. The van der Waals surface area contributed by atoms with Gasteiger partial charge < -0.3 is 35.0 Å². The van der Waals surface area contributed by atoms with Crippen molar-refractivity contribution in [2.24, 2.45) is 10.6 Å². The molecule has 55 heavy (non-hydrogen) atoms. The summed E-state index contributed by atoms with van der Waals surface area (Å²) in [6.45, 7) is 11.6. The summed E-state index contributed by atoms with van der Waals surface area (Å²) in [5.74, 6) is -1.91. The minimum Gasteiger partial charge on any atom is -0.478 e. The van der Waals surface area contributed by atoms with Crippen LogP contribution in [0.1, 0.15) is 73.3 Å². The third kappa shape index (κ3) is 13.1. The van der Waals surface area contributed by atoms with Gasteiger partial charge in [0, 0.05) is 41.6 Å². The number of aromatic nitrogens is 2. The van der Waals surface area contributed by atoms with Crippen LogP contribution in [-0.2, 0) is 23.9 Å². The molecule has 2 amide bonds. The molecule has 0 radical (unpaired) electrons. The number of H-pyrrole nitrogens is 1. The highest BCUT2D eigenvalue weighted by Crippen LogP contribution is 2.40. The SMILES string of the molecule is CC(C=CC1=C(C)C(=NOCC(=O)NCCOCCOCCNC(=O)c2csc(C(=O)c3c[nH]c4ccccc34)n2)CCC1(C)C)=CC=CC(C)=CC(=O)O. The standard InChI is InChI=1S/C41H49N5O8S/c1-27(9-8-10-28(2)23-37(48)49)13-14-32-29(3)33(15-16-41(32,4)5)46-54-25-36(47)42-17-19-52-21-22-53-20-18-43-39(51)35-26-55-40(45-35)38(50)31-24-44-34-12-7-6-11-30(31)34/h6-14,23-24,26,44H,15-22,25H2,1-5H3,(H,42,47)(H,43,51)(H,48,49). The van der Waals surface area contributed by atoms with Crippen LogP contribution in [0.5, 0.6) is 0 Å². The molecule has 4 N–H and O–H groups in total. The number of fused-ring (bicyclic) bond motifs is 1. The van der Waals surface area contributed by atoms with Gasteiger partial charge in [0.1, 0.15) is 5.69 Å². The molecule has 292 valence electrons. The zero-order valence-corrected chi connectivity index (χ0v) is 32.7. The van der Waals surface area contributed by atoms with Crippen molar-refractivity contribution >= 4 is 51.5 Å². The molecule has 0 spiro atoms. The van der Waals surface area contributed by atoms with E-state index in [1.165, 1.54) is 0 Å². The van der Waals surface area contributed by atoms with Crippen LogP contribution in [0.25, 0.3) is 10.9 Å². The highest BCUT2D eigenvalue weighted by molar-refractivity contribution is 7.12. The van der Waals surface area contributed by atoms with Gasteiger partial charge in [0.2, 0.25) is 5.78 Å². The number of ether oxygens (including phenoxy) is 2. The molecule has 3 aromatic rings. The van der Waals surface area contributed by atoms with Crippen molar-refractivity contribution in [1.29, 1.82) is 0 Å². The lowest BCUT2D eigenvalue weighted by molar-refractivity contribution is -0.131. The number of oxime groups is 1. The number of carboxylic acid groups (broad SMARTS) is 1. The third-order valence-electron chi connectivity index (χ3n) is 8.74. The largest absolute Gasteiger partial charge is 0.478 e. The molecule has 0 unspecified atom stereocenters. The molecule has 1 aliphatic rings. The van der Waals surface area contributed by atoms with Gasteiger partial charge in [0.05, 0.1) is 37.7 Å². The zero-order chi connectivity index (χ0) is 39.8. The first kappa shape index (κ1) is 42.3. The first-order chi connectivity index (χ1) is 26.4. The van der Waals surface area contributed by atoms with Gasteiger partial charge in [0.15, 0.2) is 11.6 Å². The van der Waals surface area contributed by atoms with Gasteiger partial charge in [0.25, 0.3) is 11.8 Å². The maximum absolute atomic E-state index is 12.9. The van der Waals surface area contributed by atoms with E-state index in [0.717, 1.165) is 63.6 Å². The Morgan fingerprint density at radius 2 is 1.75 bits per heavy atom. The van der Waals surface area contributed by atoms with Crippen molar-refractivity contribution in [2.75, 3.05) is 46.1 Å². The first-order valence-corrected chi connectivity index (χ1v) is 18.8. The van der Waals surface area contributed by atoms with Crippen LogP contribution in [0.4, 0.5) is 0 Å². The Labute approximate surface area is 324 Å². The molecule has 0 saturated heterocycles. The van der Waals surface area contributed by atoms with Gasteiger partial charge in [-0.1, -0.05) is 73.2 Å². The van der Waals surface area contributed by atoms with Crippen molar-refractivity contribution < 1.29 is 38.6 Å². The van der Waals surface area contributed by atoms with Crippen LogP contribution in [0.3, 0.4) is 0 Å². The summed E-state index contributed by atoms with van der Waals surface area (Å²) in [6.07, 6.45) is 14.0. The van der Waals surface area contributed by atoms with Crippen molar-refractivity contribution in [2.45, 2.75) is 47.5 Å². The number of amides is 2. The molecule has 0 fully saturated rings. The first-order valence-electron chi connectivity index (χ1n) is 18.0. The Hall–Kier alpha value is -5.44. The summed E-state index contributed by atoms with van der Waals surface area (Å²) in [7, 11) is 0. The molecule has 0 bridgehead atoms. The van der Waals surface area contributed by atoms with Crippen molar-refractivity contribution in [3.63, 3.8) is 0 Å². The summed E-state index contributed by atoms with van der Waals surface area (Å²) in [4.78, 5) is 61.2. The van der Waals surface area contributed by atoms with E-state index in [9.17, 15) is 19.2 Å². The van der Waals surface area contributed by atoms with Crippen LogP contribution in [0.2, 0.25) is 0 Å². The number of hydrogen-bond donors (Lipinski definition) is 4. The number of carbonyl (C=O) groups excluding carboxylic acids is 3. The average Bonchev–Trinajstić information content (AvgIpc) is 3.81.